The molecule has 2 unspecified atom stereocenters. The summed E-state index contributed by atoms with van der Waals surface area (Å²) < 4.78 is 15.4. The van der Waals surface area contributed by atoms with E-state index in [1.165, 1.54) is 12.1 Å². The van der Waals surface area contributed by atoms with Gasteiger partial charge in [-0.25, -0.2) is 9.37 Å². The van der Waals surface area contributed by atoms with Crippen LogP contribution in [0.5, 0.6) is 0 Å². The first-order valence-corrected chi connectivity index (χ1v) is 9.60. The highest BCUT2D eigenvalue weighted by molar-refractivity contribution is 14.0. The molecule has 1 aromatic heterocycles. The molecule has 1 fully saturated rings. The number of aromatic nitrogens is 2. The lowest BCUT2D eigenvalue weighted by molar-refractivity contribution is 0.188. The zero-order valence-corrected chi connectivity index (χ0v) is 19.4. The molecule has 2 heterocycles. The van der Waals surface area contributed by atoms with E-state index in [0.717, 1.165) is 37.6 Å². The molecule has 0 spiro atoms. The smallest absolute Gasteiger partial charge is 0.193 e. The standard InChI is InChI=1S/C21H30FN5.HI/c1-16-9-11-26(13-19(16)27-12-10-24-15-27)20(23-4)25-14-21(2,3)17-5-7-18(22)8-6-17;/h5-8,10,12,15-16,19H,9,11,13-14H2,1-4H3,(H,23,25);1H. The molecule has 1 N–H and O–H groups in total. The average molecular weight is 499 g/mol. The minimum absolute atomic E-state index is 0. The SMILES string of the molecule is CN=C(NCC(C)(C)c1ccc(F)cc1)N1CCC(C)C(n2ccnc2)C1.I. The Labute approximate surface area is 184 Å². The molecule has 0 radical (unpaired) electrons. The van der Waals surface area contributed by atoms with Crippen LogP contribution in [0.3, 0.4) is 0 Å². The van der Waals surface area contributed by atoms with Crippen LogP contribution in [0.1, 0.15) is 38.8 Å². The van der Waals surface area contributed by atoms with Crippen molar-refractivity contribution in [2.75, 3.05) is 26.7 Å². The van der Waals surface area contributed by atoms with Gasteiger partial charge in [0.05, 0.1) is 12.4 Å². The second kappa shape index (κ2) is 9.71. The van der Waals surface area contributed by atoms with Crippen molar-refractivity contribution in [3.63, 3.8) is 0 Å². The Morgan fingerprint density at radius 2 is 2.04 bits per heavy atom. The minimum Gasteiger partial charge on any atom is -0.355 e. The summed E-state index contributed by atoms with van der Waals surface area (Å²) in [6.45, 7) is 9.25. The first kappa shape index (κ1) is 22.6. The lowest BCUT2D eigenvalue weighted by Gasteiger charge is -2.40. The summed E-state index contributed by atoms with van der Waals surface area (Å²) in [5.74, 6) is 1.32. The summed E-state index contributed by atoms with van der Waals surface area (Å²) in [7, 11) is 1.83. The Bertz CT molecular complexity index is 758. The van der Waals surface area contributed by atoms with Gasteiger partial charge in [-0.05, 0) is 30.0 Å². The predicted molar refractivity (Wildman–Crippen MR) is 123 cm³/mol. The van der Waals surface area contributed by atoms with Gasteiger partial charge in [0.1, 0.15) is 5.82 Å². The number of nitrogens with zero attached hydrogens (tertiary/aromatic N) is 4. The molecule has 2 atom stereocenters. The summed E-state index contributed by atoms with van der Waals surface area (Å²) in [5, 5.41) is 3.53. The maximum absolute atomic E-state index is 13.2. The fourth-order valence-corrected chi connectivity index (χ4v) is 3.73. The highest BCUT2D eigenvalue weighted by Gasteiger charge is 2.30. The van der Waals surface area contributed by atoms with E-state index >= 15 is 0 Å². The molecule has 5 nitrogen and oxygen atoms in total. The number of hydrogen-bond acceptors (Lipinski definition) is 2. The molecule has 1 saturated heterocycles. The number of rotatable bonds is 4. The molecular weight excluding hydrogens is 468 g/mol. The van der Waals surface area contributed by atoms with Crippen LogP contribution >= 0.6 is 24.0 Å². The Balaban J connectivity index is 0.00000280. The van der Waals surface area contributed by atoms with Gasteiger partial charge < -0.3 is 14.8 Å². The van der Waals surface area contributed by atoms with Gasteiger partial charge in [0.15, 0.2) is 5.96 Å². The Kier molecular flexibility index (Phi) is 7.86. The number of guanidine groups is 1. The molecule has 7 heteroatoms. The number of piperidine rings is 1. The predicted octanol–water partition coefficient (Wildman–Crippen LogP) is 4.08. The first-order valence-electron chi connectivity index (χ1n) is 9.60. The second-order valence-electron chi connectivity index (χ2n) is 8.08. The molecule has 0 aliphatic carbocycles. The van der Waals surface area contributed by atoms with Crippen LogP contribution in [0.15, 0.2) is 48.0 Å². The highest BCUT2D eigenvalue weighted by atomic mass is 127. The van der Waals surface area contributed by atoms with Crippen LogP contribution < -0.4 is 5.32 Å². The normalized spacial score (nSPS) is 20.6. The maximum Gasteiger partial charge on any atom is 0.193 e. The van der Waals surface area contributed by atoms with Gasteiger partial charge in [0.25, 0.3) is 0 Å². The van der Waals surface area contributed by atoms with Crippen LogP contribution in [-0.2, 0) is 5.41 Å². The maximum atomic E-state index is 13.2. The van der Waals surface area contributed by atoms with Crippen LogP contribution in [0.4, 0.5) is 4.39 Å². The van der Waals surface area contributed by atoms with Crippen molar-refractivity contribution in [1.29, 1.82) is 0 Å². The molecule has 1 aromatic carbocycles. The van der Waals surface area contributed by atoms with Crippen molar-refractivity contribution >= 4 is 29.9 Å². The van der Waals surface area contributed by atoms with Crippen molar-refractivity contribution < 1.29 is 4.39 Å². The van der Waals surface area contributed by atoms with Crippen LogP contribution in [0.2, 0.25) is 0 Å². The number of halogens is 2. The van der Waals surface area contributed by atoms with E-state index in [4.69, 9.17) is 0 Å². The van der Waals surface area contributed by atoms with E-state index < -0.39 is 0 Å². The third-order valence-corrected chi connectivity index (χ3v) is 5.65. The fourth-order valence-electron chi connectivity index (χ4n) is 3.73. The van der Waals surface area contributed by atoms with Gasteiger partial charge in [-0.1, -0.05) is 32.9 Å². The van der Waals surface area contributed by atoms with E-state index in [9.17, 15) is 4.39 Å². The lowest BCUT2D eigenvalue weighted by atomic mass is 9.84. The Morgan fingerprint density at radius 1 is 1.32 bits per heavy atom. The van der Waals surface area contributed by atoms with Crippen LogP contribution in [0, 0.1) is 11.7 Å². The van der Waals surface area contributed by atoms with Crippen molar-refractivity contribution in [2.24, 2.45) is 10.9 Å². The summed E-state index contributed by atoms with van der Waals surface area (Å²) in [4.78, 5) is 11.0. The number of aliphatic imine (C=N–C) groups is 1. The average Bonchev–Trinajstić information content (AvgIpc) is 3.18. The summed E-state index contributed by atoms with van der Waals surface area (Å²) in [6.07, 6.45) is 6.89. The van der Waals surface area contributed by atoms with E-state index in [2.05, 4.69) is 45.5 Å². The number of nitrogens with one attached hydrogen (secondary N) is 1. The Hall–Kier alpha value is -1.64. The van der Waals surface area contributed by atoms with Crippen LogP contribution in [0.25, 0.3) is 0 Å². The summed E-state index contributed by atoms with van der Waals surface area (Å²) in [5.41, 5.74) is 0.978. The third-order valence-electron chi connectivity index (χ3n) is 5.65. The number of hydrogen-bond donors (Lipinski definition) is 1. The molecule has 28 heavy (non-hydrogen) atoms. The van der Waals surface area contributed by atoms with Gasteiger partial charge in [0, 0.05) is 44.5 Å². The third kappa shape index (κ3) is 5.24. The molecule has 0 saturated carbocycles. The molecule has 3 rings (SSSR count). The largest absolute Gasteiger partial charge is 0.355 e. The van der Waals surface area contributed by atoms with Gasteiger partial charge in [-0.3, -0.25) is 4.99 Å². The van der Waals surface area contributed by atoms with Crippen molar-refractivity contribution in [3.05, 3.63) is 54.4 Å². The minimum atomic E-state index is -0.203. The molecule has 154 valence electrons. The Morgan fingerprint density at radius 3 is 2.64 bits per heavy atom. The molecule has 1 aliphatic heterocycles. The van der Waals surface area contributed by atoms with Crippen LogP contribution in [-0.4, -0.2) is 47.1 Å². The molecule has 0 amide bonds. The second-order valence-corrected chi connectivity index (χ2v) is 8.08. The molecular formula is C21H31FIN5. The number of benzene rings is 1. The van der Waals surface area contributed by atoms with Gasteiger partial charge in [-0.15, -0.1) is 24.0 Å². The summed E-state index contributed by atoms with van der Waals surface area (Å²) >= 11 is 0. The van der Waals surface area contributed by atoms with E-state index in [1.54, 1.807) is 0 Å². The topological polar surface area (TPSA) is 45.5 Å². The highest BCUT2D eigenvalue weighted by Crippen LogP contribution is 2.28. The van der Waals surface area contributed by atoms with E-state index in [0.29, 0.717) is 12.0 Å². The monoisotopic (exact) mass is 499 g/mol. The quantitative estimate of drug-likeness (QED) is 0.392. The van der Waals surface area contributed by atoms with E-state index in [1.807, 2.05) is 37.9 Å². The van der Waals surface area contributed by atoms with Crippen molar-refractivity contribution in [3.8, 4) is 0 Å². The van der Waals surface area contributed by atoms with Crippen molar-refractivity contribution in [1.82, 2.24) is 19.8 Å². The first-order chi connectivity index (χ1) is 12.9. The van der Waals surface area contributed by atoms with Gasteiger partial charge >= 0.3 is 0 Å². The number of likely N-dealkylation sites (tertiary alicyclic amines) is 1. The number of imidazole rings is 1. The van der Waals surface area contributed by atoms with Gasteiger partial charge in [0.2, 0.25) is 0 Å². The van der Waals surface area contributed by atoms with E-state index in [-0.39, 0.29) is 35.2 Å². The molecule has 1 aliphatic rings. The van der Waals surface area contributed by atoms with Crippen molar-refractivity contribution in [2.45, 2.75) is 38.6 Å². The lowest BCUT2D eigenvalue weighted by Crippen LogP contribution is -2.51. The van der Waals surface area contributed by atoms with Gasteiger partial charge in [-0.2, -0.15) is 0 Å². The zero-order valence-electron chi connectivity index (χ0n) is 17.1. The molecule has 2 aromatic rings. The molecule has 0 bridgehead atoms. The summed E-state index contributed by atoms with van der Waals surface area (Å²) in [6, 6.07) is 7.15. The fraction of sp³-hybridized carbons (Fsp3) is 0.524. The zero-order chi connectivity index (χ0) is 19.4.